The molecule has 0 saturated heterocycles. The van der Waals surface area contributed by atoms with E-state index in [0.29, 0.717) is 5.69 Å². The molecule has 0 fully saturated rings. The van der Waals surface area contributed by atoms with E-state index in [4.69, 9.17) is 0 Å². The van der Waals surface area contributed by atoms with Gasteiger partial charge in [-0.05, 0) is 35.9 Å². The van der Waals surface area contributed by atoms with Crippen LogP contribution in [0.15, 0.2) is 60.7 Å². The highest BCUT2D eigenvalue weighted by Crippen LogP contribution is 2.08. The Hall–Kier alpha value is -3.48. The van der Waals surface area contributed by atoms with Crippen LogP contribution in [0.4, 0.5) is 10.1 Å². The maximum atomic E-state index is 12.8. The number of carbonyl (C=O) groups is 3. The van der Waals surface area contributed by atoms with E-state index in [1.807, 2.05) is 30.3 Å². The van der Waals surface area contributed by atoms with Crippen LogP contribution in [0.25, 0.3) is 6.08 Å². The maximum absolute atomic E-state index is 12.8. The number of hydrogen-bond acceptors (Lipinski definition) is 3. The molecule has 140 valence electrons. The molecule has 0 aliphatic carbocycles. The van der Waals surface area contributed by atoms with E-state index in [1.54, 1.807) is 6.08 Å². The molecule has 0 radical (unpaired) electrons. The van der Waals surface area contributed by atoms with Crippen molar-refractivity contribution in [3.05, 3.63) is 72.1 Å². The SMILES string of the molecule is CN(CC(=O)Nc1ccc(F)cc1)C(=O)CNC(=O)/C=C/c1ccccc1. The normalized spacial score (nSPS) is 10.4. The minimum absolute atomic E-state index is 0.189. The summed E-state index contributed by atoms with van der Waals surface area (Å²) in [4.78, 5) is 36.9. The zero-order valence-corrected chi connectivity index (χ0v) is 14.8. The maximum Gasteiger partial charge on any atom is 0.244 e. The first kappa shape index (κ1) is 19.8. The van der Waals surface area contributed by atoms with E-state index < -0.39 is 23.5 Å². The van der Waals surface area contributed by atoms with E-state index in [2.05, 4.69) is 10.6 Å². The molecule has 0 spiro atoms. The number of halogens is 1. The Labute approximate surface area is 156 Å². The second kappa shape index (κ2) is 9.86. The minimum Gasteiger partial charge on any atom is -0.343 e. The molecule has 2 aromatic carbocycles. The van der Waals surface area contributed by atoms with Crippen molar-refractivity contribution in [2.24, 2.45) is 0 Å². The molecular weight excluding hydrogens is 349 g/mol. The molecule has 0 unspecified atom stereocenters. The summed E-state index contributed by atoms with van der Waals surface area (Å²) in [6.45, 7) is -0.412. The fraction of sp³-hybridized carbons (Fsp3) is 0.150. The zero-order chi connectivity index (χ0) is 19.6. The highest BCUT2D eigenvalue weighted by molar-refractivity contribution is 5.96. The van der Waals surface area contributed by atoms with Crippen LogP contribution in [0.5, 0.6) is 0 Å². The Morgan fingerprint density at radius 1 is 1.04 bits per heavy atom. The Balaban J connectivity index is 1.74. The molecule has 3 amide bonds. The lowest BCUT2D eigenvalue weighted by Gasteiger charge is -2.17. The Kier molecular flexibility index (Phi) is 7.25. The van der Waals surface area contributed by atoms with E-state index in [-0.39, 0.29) is 13.1 Å². The lowest BCUT2D eigenvalue weighted by atomic mass is 10.2. The first-order valence-electron chi connectivity index (χ1n) is 8.24. The second-order valence-electron chi connectivity index (χ2n) is 5.77. The molecule has 0 aliphatic rings. The molecule has 0 aromatic heterocycles. The number of rotatable bonds is 7. The van der Waals surface area contributed by atoms with Crippen LogP contribution in [0, 0.1) is 5.82 Å². The van der Waals surface area contributed by atoms with Gasteiger partial charge in [-0.15, -0.1) is 0 Å². The summed E-state index contributed by atoms with van der Waals surface area (Å²) < 4.78 is 12.8. The van der Waals surface area contributed by atoms with Crippen molar-refractivity contribution >= 4 is 29.5 Å². The van der Waals surface area contributed by atoms with Gasteiger partial charge >= 0.3 is 0 Å². The predicted molar refractivity (Wildman–Crippen MR) is 101 cm³/mol. The molecule has 0 aliphatic heterocycles. The monoisotopic (exact) mass is 369 g/mol. The number of benzene rings is 2. The van der Waals surface area contributed by atoms with Gasteiger partial charge in [0.05, 0.1) is 13.1 Å². The summed E-state index contributed by atoms with van der Waals surface area (Å²) >= 11 is 0. The average Bonchev–Trinajstić information content (AvgIpc) is 2.67. The third kappa shape index (κ3) is 7.11. The summed E-state index contributed by atoms with van der Waals surface area (Å²) in [5.74, 6) is -1.65. The summed E-state index contributed by atoms with van der Waals surface area (Å²) in [5, 5.41) is 5.03. The topological polar surface area (TPSA) is 78.5 Å². The lowest BCUT2D eigenvalue weighted by Crippen LogP contribution is -2.41. The highest BCUT2D eigenvalue weighted by atomic mass is 19.1. The summed E-state index contributed by atoms with van der Waals surface area (Å²) in [7, 11) is 1.46. The van der Waals surface area contributed by atoms with Gasteiger partial charge in [0.15, 0.2) is 0 Å². The number of carbonyl (C=O) groups excluding carboxylic acids is 3. The van der Waals surface area contributed by atoms with Gasteiger partial charge in [-0.1, -0.05) is 30.3 Å². The molecular formula is C20H20FN3O3. The van der Waals surface area contributed by atoms with Crippen molar-refractivity contribution in [3.8, 4) is 0 Å². The van der Waals surface area contributed by atoms with Gasteiger partial charge in [-0.25, -0.2) is 4.39 Å². The standard InChI is InChI=1S/C20H20FN3O3/c1-24(14-19(26)23-17-10-8-16(21)9-11-17)20(27)13-22-18(25)12-7-15-5-3-2-4-6-15/h2-12H,13-14H2,1H3,(H,22,25)(H,23,26)/b12-7+. The molecule has 2 N–H and O–H groups in total. The minimum atomic E-state index is -0.423. The van der Waals surface area contributed by atoms with Gasteiger partial charge in [0, 0.05) is 18.8 Å². The third-order valence-electron chi connectivity index (χ3n) is 3.58. The summed E-state index contributed by atoms with van der Waals surface area (Å²) in [5.41, 5.74) is 1.30. The van der Waals surface area contributed by atoms with E-state index in [0.717, 1.165) is 5.56 Å². The predicted octanol–water partition coefficient (Wildman–Crippen LogP) is 2.05. The molecule has 7 heteroatoms. The smallest absolute Gasteiger partial charge is 0.244 e. The first-order valence-corrected chi connectivity index (χ1v) is 8.24. The number of amides is 3. The van der Waals surface area contributed by atoms with Crippen LogP contribution in [-0.2, 0) is 14.4 Å². The molecule has 2 aromatic rings. The van der Waals surface area contributed by atoms with E-state index in [1.165, 1.54) is 42.3 Å². The van der Waals surface area contributed by atoms with Gasteiger partial charge in [0.1, 0.15) is 5.82 Å². The highest BCUT2D eigenvalue weighted by Gasteiger charge is 2.13. The lowest BCUT2D eigenvalue weighted by molar-refractivity contribution is -0.133. The Bertz CT molecular complexity index is 820. The first-order chi connectivity index (χ1) is 12.9. The van der Waals surface area contributed by atoms with Crippen molar-refractivity contribution in [1.29, 1.82) is 0 Å². The Morgan fingerprint density at radius 3 is 2.37 bits per heavy atom. The molecule has 0 bridgehead atoms. The van der Waals surface area contributed by atoms with Gasteiger partial charge < -0.3 is 15.5 Å². The Morgan fingerprint density at radius 2 is 1.70 bits per heavy atom. The average molecular weight is 369 g/mol. The molecule has 0 saturated carbocycles. The van der Waals surface area contributed by atoms with Crippen molar-refractivity contribution in [2.45, 2.75) is 0 Å². The third-order valence-corrected chi connectivity index (χ3v) is 3.58. The number of nitrogens with one attached hydrogen (secondary N) is 2. The zero-order valence-electron chi connectivity index (χ0n) is 14.8. The van der Waals surface area contributed by atoms with Crippen molar-refractivity contribution in [1.82, 2.24) is 10.2 Å². The van der Waals surface area contributed by atoms with Gasteiger partial charge in [0.2, 0.25) is 17.7 Å². The van der Waals surface area contributed by atoms with Gasteiger partial charge in [-0.3, -0.25) is 14.4 Å². The van der Waals surface area contributed by atoms with Gasteiger partial charge in [0.25, 0.3) is 0 Å². The number of likely N-dealkylation sites (N-methyl/N-ethyl adjacent to an activating group) is 1. The number of hydrogen-bond donors (Lipinski definition) is 2. The summed E-state index contributed by atoms with van der Waals surface area (Å²) in [6, 6.07) is 14.6. The van der Waals surface area contributed by atoms with Crippen LogP contribution in [0.2, 0.25) is 0 Å². The second-order valence-corrected chi connectivity index (χ2v) is 5.77. The van der Waals surface area contributed by atoms with E-state index in [9.17, 15) is 18.8 Å². The molecule has 6 nitrogen and oxygen atoms in total. The van der Waals surface area contributed by atoms with Crippen LogP contribution >= 0.6 is 0 Å². The fourth-order valence-electron chi connectivity index (χ4n) is 2.13. The van der Waals surface area contributed by atoms with Crippen molar-refractivity contribution in [2.75, 3.05) is 25.5 Å². The van der Waals surface area contributed by atoms with Gasteiger partial charge in [-0.2, -0.15) is 0 Å². The molecule has 0 atom stereocenters. The quantitative estimate of drug-likeness (QED) is 0.734. The summed E-state index contributed by atoms with van der Waals surface area (Å²) in [6.07, 6.45) is 2.98. The number of anilines is 1. The molecule has 27 heavy (non-hydrogen) atoms. The largest absolute Gasteiger partial charge is 0.343 e. The van der Waals surface area contributed by atoms with Crippen LogP contribution in [0.3, 0.4) is 0 Å². The van der Waals surface area contributed by atoms with Crippen molar-refractivity contribution < 1.29 is 18.8 Å². The van der Waals surface area contributed by atoms with E-state index >= 15 is 0 Å². The molecule has 0 heterocycles. The van der Waals surface area contributed by atoms with Crippen LogP contribution in [0.1, 0.15) is 5.56 Å². The fourth-order valence-corrected chi connectivity index (χ4v) is 2.13. The van der Waals surface area contributed by atoms with Crippen molar-refractivity contribution in [3.63, 3.8) is 0 Å². The van der Waals surface area contributed by atoms with Crippen LogP contribution < -0.4 is 10.6 Å². The van der Waals surface area contributed by atoms with Crippen LogP contribution in [-0.4, -0.2) is 42.8 Å². The number of nitrogens with zero attached hydrogens (tertiary/aromatic N) is 1. The molecule has 2 rings (SSSR count).